The highest BCUT2D eigenvalue weighted by Gasteiger charge is 2.20. The van der Waals surface area contributed by atoms with Crippen molar-refractivity contribution in [1.82, 2.24) is 9.78 Å². The maximum absolute atomic E-state index is 6.08. The molecule has 3 nitrogen and oxygen atoms in total. The first-order chi connectivity index (χ1) is 8.49. The molecular formula is C13H15BrClN3. The molecule has 0 saturated heterocycles. The molecule has 2 rings (SSSR count). The molecule has 2 unspecified atom stereocenters. The van der Waals surface area contributed by atoms with Gasteiger partial charge < -0.3 is 5.73 Å². The zero-order chi connectivity index (χ0) is 13.3. The highest BCUT2D eigenvalue weighted by atomic mass is 79.9. The standard InChI is InChI=1S/C13H15BrClN3/c1-8(16)13(10-3-5-11(14)6-4-10)18-7-12(15)9(2)17-18/h3-8,13H,16H2,1-2H3. The fourth-order valence-electron chi connectivity index (χ4n) is 1.96. The Morgan fingerprint density at radius 2 is 1.94 bits per heavy atom. The largest absolute Gasteiger partial charge is 0.326 e. The molecule has 0 aliphatic rings. The second-order valence-electron chi connectivity index (χ2n) is 4.40. The molecule has 0 fully saturated rings. The lowest BCUT2D eigenvalue weighted by Gasteiger charge is -2.22. The number of hydrogen-bond acceptors (Lipinski definition) is 2. The van der Waals surface area contributed by atoms with E-state index >= 15 is 0 Å². The summed E-state index contributed by atoms with van der Waals surface area (Å²) in [4.78, 5) is 0. The predicted octanol–water partition coefficient (Wildman–Crippen LogP) is 3.54. The van der Waals surface area contributed by atoms with Gasteiger partial charge in [0.15, 0.2) is 0 Å². The summed E-state index contributed by atoms with van der Waals surface area (Å²) < 4.78 is 2.88. The minimum absolute atomic E-state index is 0.00991. The van der Waals surface area contributed by atoms with Crippen LogP contribution in [0.25, 0.3) is 0 Å². The van der Waals surface area contributed by atoms with Gasteiger partial charge in [0.05, 0.1) is 16.8 Å². The van der Waals surface area contributed by atoms with Gasteiger partial charge >= 0.3 is 0 Å². The van der Waals surface area contributed by atoms with Crippen molar-refractivity contribution >= 4 is 27.5 Å². The summed E-state index contributed by atoms with van der Waals surface area (Å²) in [5, 5.41) is 5.09. The average Bonchev–Trinajstić information content (AvgIpc) is 2.61. The maximum atomic E-state index is 6.08. The lowest BCUT2D eigenvalue weighted by atomic mass is 10.0. The van der Waals surface area contributed by atoms with E-state index in [2.05, 4.69) is 21.0 Å². The molecule has 2 atom stereocenters. The zero-order valence-electron chi connectivity index (χ0n) is 10.3. The molecule has 2 N–H and O–H groups in total. The van der Waals surface area contributed by atoms with Gasteiger partial charge in [0.2, 0.25) is 0 Å². The van der Waals surface area contributed by atoms with E-state index in [1.165, 1.54) is 0 Å². The van der Waals surface area contributed by atoms with Gasteiger partial charge in [-0.15, -0.1) is 0 Å². The number of aryl methyl sites for hydroxylation is 1. The van der Waals surface area contributed by atoms with Crippen molar-refractivity contribution in [2.24, 2.45) is 5.73 Å². The summed E-state index contributed by atoms with van der Waals surface area (Å²) in [6.45, 7) is 3.86. The Hall–Kier alpha value is -0.840. The van der Waals surface area contributed by atoms with Crippen LogP contribution in [0.2, 0.25) is 5.02 Å². The van der Waals surface area contributed by atoms with Crippen LogP contribution >= 0.6 is 27.5 Å². The number of hydrogen-bond donors (Lipinski definition) is 1. The first kappa shape index (κ1) is 13.6. The Morgan fingerprint density at radius 1 is 1.33 bits per heavy atom. The molecule has 0 bridgehead atoms. The van der Waals surface area contributed by atoms with Gasteiger partial charge in [-0.2, -0.15) is 5.10 Å². The van der Waals surface area contributed by atoms with E-state index in [1.54, 1.807) is 0 Å². The number of aromatic nitrogens is 2. The Labute approximate surface area is 120 Å². The molecule has 1 aromatic heterocycles. The van der Waals surface area contributed by atoms with Gasteiger partial charge in [0.25, 0.3) is 0 Å². The van der Waals surface area contributed by atoms with Gasteiger partial charge in [0, 0.05) is 16.7 Å². The number of benzene rings is 1. The van der Waals surface area contributed by atoms with Gasteiger partial charge in [-0.1, -0.05) is 39.7 Å². The molecule has 0 amide bonds. The fraction of sp³-hybridized carbons (Fsp3) is 0.308. The number of nitrogens with two attached hydrogens (primary N) is 1. The Bertz CT molecular complexity index is 514. The molecule has 18 heavy (non-hydrogen) atoms. The monoisotopic (exact) mass is 327 g/mol. The minimum atomic E-state index is -0.0541. The van der Waals surface area contributed by atoms with E-state index in [9.17, 15) is 0 Å². The third-order valence-corrected chi connectivity index (χ3v) is 3.75. The molecule has 2 aromatic rings. The molecule has 1 aromatic carbocycles. The Kier molecular flexibility index (Phi) is 4.10. The van der Waals surface area contributed by atoms with Gasteiger partial charge in [-0.05, 0) is 31.5 Å². The third kappa shape index (κ3) is 2.76. The molecular weight excluding hydrogens is 314 g/mol. The molecule has 5 heteroatoms. The summed E-state index contributed by atoms with van der Waals surface area (Å²) >= 11 is 9.49. The predicted molar refractivity (Wildman–Crippen MR) is 77.9 cm³/mol. The van der Waals surface area contributed by atoms with E-state index in [-0.39, 0.29) is 12.1 Å². The molecule has 0 aliphatic heterocycles. The lowest BCUT2D eigenvalue weighted by molar-refractivity contribution is 0.452. The molecule has 0 saturated carbocycles. The van der Waals surface area contributed by atoms with Crippen molar-refractivity contribution in [1.29, 1.82) is 0 Å². The molecule has 96 valence electrons. The molecule has 0 spiro atoms. The first-order valence-electron chi connectivity index (χ1n) is 5.71. The van der Waals surface area contributed by atoms with Gasteiger partial charge in [-0.25, -0.2) is 0 Å². The van der Waals surface area contributed by atoms with Crippen molar-refractivity contribution in [2.45, 2.75) is 25.9 Å². The number of halogens is 2. The first-order valence-corrected chi connectivity index (χ1v) is 6.88. The second-order valence-corrected chi connectivity index (χ2v) is 5.72. The average molecular weight is 329 g/mol. The summed E-state index contributed by atoms with van der Waals surface area (Å²) in [5.74, 6) is 0. The summed E-state index contributed by atoms with van der Waals surface area (Å²) in [6, 6.07) is 8.03. The van der Waals surface area contributed by atoms with Crippen molar-refractivity contribution in [3.63, 3.8) is 0 Å². The smallest absolute Gasteiger partial charge is 0.0917 e. The van der Waals surface area contributed by atoms with Crippen molar-refractivity contribution in [3.8, 4) is 0 Å². The second kappa shape index (κ2) is 5.43. The zero-order valence-corrected chi connectivity index (χ0v) is 12.6. The van der Waals surface area contributed by atoms with E-state index in [0.717, 1.165) is 15.7 Å². The quantitative estimate of drug-likeness (QED) is 0.936. The normalized spacial score (nSPS) is 14.5. The van der Waals surface area contributed by atoms with Crippen LogP contribution in [0, 0.1) is 6.92 Å². The Morgan fingerprint density at radius 3 is 2.39 bits per heavy atom. The van der Waals surface area contributed by atoms with Crippen molar-refractivity contribution in [3.05, 3.63) is 51.2 Å². The van der Waals surface area contributed by atoms with Crippen LogP contribution in [0.1, 0.15) is 24.2 Å². The maximum Gasteiger partial charge on any atom is 0.0917 e. The van der Waals surface area contributed by atoms with Crippen LogP contribution in [0.15, 0.2) is 34.9 Å². The summed E-state index contributed by atoms with van der Waals surface area (Å²) in [6.07, 6.45) is 1.83. The van der Waals surface area contributed by atoms with Crippen LogP contribution in [0.4, 0.5) is 0 Å². The van der Waals surface area contributed by atoms with E-state index in [1.807, 2.05) is 49.0 Å². The van der Waals surface area contributed by atoms with Crippen LogP contribution in [0.5, 0.6) is 0 Å². The van der Waals surface area contributed by atoms with Gasteiger partial charge in [0.1, 0.15) is 0 Å². The molecule has 0 aliphatic carbocycles. The Balaban J connectivity index is 2.43. The lowest BCUT2D eigenvalue weighted by Crippen LogP contribution is -2.30. The van der Waals surface area contributed by atoms with Gasteiger partial charge in [-0.3, -0.25) is 4.68 Å². The van der Waals surface area contributed by atoms with E-state index in [4.69, 9.17) is 17.3 Å². The molecule has 0 radical (unpaired) electrons. The minimum Gasteiger partial charge on any atom is -0.326 e. The van der Waals surface area contributed by atoms with E-state index in [0.29, 0.717) is 5.02 Å². The van der Waals surface area contributed by atoms with E-state index < -0.39 is 0 Å². The molecule has 1 heterocycles. The fourth-order valence-corrected chi connectivity index (χ4v) is 2.36. The van der Waals surface area contributed by atoms with Crippen LogP contribution < -0.4 is 5.73 Å². The summed E-state index contributed by atoms with van der Waals surface area (Å²) in [5.41, 5.74) is 8.02. The topological polar surface area (TPSA) is 43.8 Å². The highest BCUT2D eigenvalue weighted by Crippen LogP contribution is 2.25. The van der Waals surface area contributed by atoms with Crippen molar-refractivity contribution in [2.75, 3.05) is 0 Å². The van der Waals surface area contributed by atoms with Crippen LogP contribution in [-0.4, -0.2) is 15.8 Å². The van der Waals surface area contributed by atoms with Crippen LogP contribution in [-0.2, 0) is 0 Å². The van der Waals surface area contributed by atoms with Crippen molar-refractivity contribution < 1.29 is 0 Å². The highest BCUT2D eigenvalue weighted by molar-refractivity contribution is 9.10. The SMILES string of the molecule is Cc1nn(C(c2ccc(Br)cc2)C(C)N)cc1Cl. The van der Waals surface area contributed by atoms with Crippen LogP contribution in [0.3, 0.4) is 0 Å². The third-order valence-electron chi connectivity index (χ3n) is 2.85. The number of nitrogens with zero attached hydrogens (tertiary/aromatic N) is 2. The summed E-state index contributed by atoms with van der Waals surface area (Å²) in [7, 11) is 0. The number of rotatable bonds is 3.